The minimum absolute atomic E-state index is 0.319. The molecule has 1 unspecified atom stereocenters. The summed E-state index contributed by atoms with van der Waals surface area (Å²) in [5.74, 6) is -1.26. The van der Waals surface area contributed by atoms with Gasteiger partial charge in [-0.3, -0.25) is 0 Å². The van der Waals surface area contributed by atoms with Crippen LogP contribution in [-0.2, 0) is 4.79 Å². The van der Waals surface area contributed by atoms with Gasteiger partial charge in [0, 0.05) is 0 Å². The number of aliphatic hydroxyl groups is 1. The zero-order valence-electron chi connectivity index (χ0n) is 8.90. The average Bonchev–Trinajstić information content (AvgIpc) is 2.19. The van der Waals surface area contributed by atoms with Crippen molar-refractivity contribution in [3.8, 4) is 0 Å². The summed E-state index contributed by atoms with van der Waals surface area (Å²) in [4.78, 5) is 10.3. The summed E-state index contributed by atoms with van der Waals surface area (Å²) in [6.07, 6.45) is 4.60. The number of aliphatic hydroxyl groups excluding tert-OH is 1. The van der Waals surface area contributed by atoms with Crippen LogP contribution in [0.15, 0.2) is 36.5 Å². The fraction of sp³-hybridized carbons (Fsp3) is 0.364. The predicted molar refractivity (Wildman–Crippen MR) is 58.1 cm³/mol. The van der Waals surface area contributed by atoms with Gasteiger partial charge in [0.2, 0.25) is 0 Å². The standard InChI is InChI=1S/C9H12O3.C2H6/c1-3-5-7(6-4-2)8(10)9(11)12;1-2/h3-6,8,10H,1H2,2H3,(H,11,12);1-2H3/b6-4-,7-5+;. The van der Waals surface area contributed by atoms with Gasteiger partial charge < -0.3 is 10.2 Å². The van der Waals surface area contributed by atoms with E-state index in [9.17, 15) is 4.79 Å². The molecule has 0 rings (SSSR count). The number of hydrogen-bond donors (Lipinski definition) is 2. The van der Waals surface area contributed by atoms with Crippen molar-refractivity contribution >= 4 is 5.97 Å². The largest absolute Gasteiger partial charge is 0.479 e. The minimum atomic E-state index is -1.47. The molecule has 14 heavy (non-hydrogen) atoms. The number of carboxylic acids is 1. The van der Waals surface area contributed by atoms with E-state index in [1.165, 1.54) is 18.2 Å². The lowest BCUT2D eigenvalue weighted by Crippen LogP contribution is -2.20. The Morgan fingerprint density at radius 3 is 2.21 bits per heavy atom. The Bertz CT molecular complexity index is 227. The van der Waals surface area contributed by atoms with E-state index in [1.54, 1.807) is 13.0 Å². The molecule has 0 aromatic heterocycles. The van der Waals surface area contributed by atoms with E-state index < -0.39 is 12.1 Å². The van der Waals surface area contributed by atoms with Crippen molar-refractivity contribution in [3.05, 3.63) is 36.5 Å². The van der Waals surface area contributed by atoms with E-state index >= 15 is 0 Å². The van der Waals surface area contributed by atoms with Crippen molar-refractivity contribution in [2.75, 3.05) is 0 Å². The highest BCUT2D eigenvalue weighted by Crippen LogP contribution is 2.04. The Morgan fingerprint density at radius 1 is 1.43 bits per heavy atom. The second-order valence-corrected chi connectivity index (χ2v) is 2.14. The molecule has 0 aliphatic heterocycles. The maximum Gasteiger partial charge on any atom is 0.337 e. The van der Waals surface area contributed by atoms with Gasteiger partial charge in [-0.2, -0.15) is 0 Å². The quantitative estimate of drug-likeness (QED) is 0.680. The average molecular weight is 198 g/mol. The van der Waals surface area contributed by atoms with Crippen LogP contribution in [0.25, 0.3) is 0 Å². The van der Waals surface area contributed by atoms with Crippen molar-refractivity contribution in [1.82, 2.24) is 0 Å². The summed E-state index contributed by atoms with van der Waals surface area (Å²) in [5.41, 5.74) is 0.319. The second kappa shape index (κ2) is 9.74. The maximum absolute atomic E-state index is 10.3. The van der Waals surface area contributed by atoms with Crippen LogP contribution in [0.2, 0.25) is 0 Å². The molecule has 0 heterocycles. The van der Waals surface area contributed by atoms with Gasteiger partial charge in [-0.15, -0.1) is 0 Å². The Hall–Kier alpha value is -1.35. The number of aliphatic carboxylic acids is 1. The third-order valence-corrected chi connectivity index (χ3v) is 1.22. The molecule has 1 atom stereocenters. The molecule has 0 saturated heterocycles. The van der Waals surface area contributed by atoms with E-state index in [1.807, 2.05) is 13.8 Å². The van der Waals surface area contributed by atoms with Crippen LogP contribution >= 0.6 is 0 Å². The van der Waals surface area contributed by atoms with Crippen molar-refractivity contribution in [2.45, 2.75) is 26.9 Å². The van der Waals surface area contributed by atoms with Gasteiger partial charge in [0.05, 0.1) is 0 Å². The zero-order valence-corrected chi connectivity index (χ0v) is 8.90. The molecule has 80 valence electrons. The van der Waals surface area contributed by atoms with Gasteiger partial charge in [-0.05, 0) is 12.5 Å². The summed E-state index contributed by atoms with van der Waals surface area (Å²) >= 11 is 0. The van der Waals surface area contributed by atoms with Gasteiger partial charge in [0.1, 0.15) is 0 Å². The van der Waals surface area contributed by atoms with Crippen LogP contribution in [0.4, 0.5) is 0 Å². The Labute approximate surface area is 85.1 Å². The van der Waals surface area contributed by atoms with E-state index in [-0.39, 0.29) is 0 Å². The molecule has 0 saturated carbocycles. The fourth-order valence-corrected chi connectivity index (χ4v) is 0.709. The van der Waals surface area contributed by atoms with Crippen molar-refractivity contribution in [1.29, 1.82) is 0 Å². The van der Waals surface area contributed by atoms with E-state index in [2.05, 4.69) is 6.58 Å². The smallest absolute Gasteiger partial charge is 0.337 e. The molecule has 0 amide bonds. The maximum atomic E-state index is 10.3. The van der Waals surface area contributed by atoms with Gasteiger partial charge in [0.25, 0.3) is 0 Å². The normalized spacial score (nSPS) is 13.0. The van der Waals surface area contributed by atoms with Crippen LogP contribution in [0, 0.1) is 0 Å². The third-order valence-electron chi connectivity index (χ3n) is 1.22. The molecule has 0 aliphatic carbocycles. The lowest BCUT2D eigenvalue weighted by Gasteiger charge is -2.04. The first-order valence-electron chi connectivity index (χ1n) is 4.49. The van der Waals surface area contributed by atoms with E-state index in [0.717, 1.165) is 0 Å². The highest BCUT2D eigenvalue weighted by Gasteiger charge is 2.15. The number of rotatable bonds is 4. The van der Waals surface area contributed by atoms with Gasteiger partial charge in [0.15, 0.2) is 6.10 Å². The van der Waals surface area contributed by atoms with Gasteiger partial charge in [-0.25, -0.2) is 4.79 Å². The molecule has 0 aromatic rings. The van der Waals surface area contributed by atoms with Crippen LogP contribution in [0.5, 0.6) is 0 Å². The topological polar surface area (TPSA) is 57.5 Å². The Kier molecular flexibility index (Phi) is 10.5. The summed E-state index contributed by atoms with van der Waals surface area (Å²) in [6, 6.07) is 0. The summed E-state index contributed by atoms with van der Waals surface area (Å²) in [5, 5.41) is 17.5. The first-order valence-corrected chi connectivity index (χ1v) is 4.49. The second-order valence-electron chi connectivity index (χ2n) is 2.14. The molecule has 2 N–H and O–H groups in total. The molecule has 3 heteroatoms. The van der Waals surface area contributed by atoms with Gasteiger partial charge >= 0.3 is 5.97 Å². The molecule has 0 bridgehead atoms. The van der Waals surface area contributed by atoms with Crippen molar-refractivity contribution in [3.63, 3.8) is 0 Å². The molecular weight excluding hydrogens is 180 g/mol. The summed E-state index contributed by atoms with van der Waals surface area (Å²) < 4.78 is 0. The molecule has 0 aliphatic rings. The van der Waals surface area contributed by atoms with Crippen LogP contribution in [-0.4, -0.2) is 22.3 Å². The highest BCUT2D eigenvalue weighted by atomic mass is 16.4. The number of carbonyl (C=O) groups is 1. The van der Waals surface area contributed by atoms with E-state index in [0.29, 0.717) is 5.57 Å². The predicted octanol–water partition coefficient (Wildman–Crippen LogP) is 2.15. The molecule has 0 aromatic carbocycles. The SMILES string of the molecule is C=C/C=C(\C=C/C)C(O)C(=O)O.CC. The number of allylic oxidation sites excluding steroid dienone is 3. The van der Waals surface area contributed by atoms with Crippen molar-refractivity contribution in [2.24, 2.45) is 0 Å². The molecule has 0 fully saturated rings. The van der Waals surface area contributed by atoms with Gasteiger partial charge in [-0.1, -0.05) is 44.7 Å². The van der Waals surface area contributed by atoms with Crippen LogP contribution in [0.1, 0.15) is 20.8 Å². The number of carboxylic acid groups (broad SMARTS) is 1. The zero-order chi connectivity index (χ0) is 11.6. The Morgan fingerprint density at radius 2 is 1.93 bits per heavy atom. The van der Waals surface area contributed by atoms with Crippen molar-refractivity contribution < 1.29 is 15.0 Å². The third kappa shape index (κ3) is 6.20. The molecule has 0 spiro atoms. The van der Waals surface area contributed by atoms with E-state index in [4.69, 9.17) is 10.2 Å². The fourth-order valence-electron chi connectivity index (χ4n) is 0.709. The Balaban J connectivity index is 0. The highest BCUT2D eigenvalue weighted by molar-refractivity contribution is 5.76. The first-order chi connectivity index (χ1) is 6.63. The lowest BCUT2D eigenvalue weighted by molar-refractivity contribution is -0.144. The molecule has 0 radical (unpaired) electrons. The van der Waals surface area contributed by atoms with Crippen LogP contribution < -0.4 is 0 Å². The first kappa shape index (κ1) is 15.1. The molecule has 3 nitrogen and oxygen atoms in total. The lowest BCUT2D eigenvalue weighted by atomic mass is 10.1. The number of hydrogen-bond acceptors (Lipinski definition) is 2. The summed E-state index contributed by atoms with van der Waals surface area (Å²) in [7, 11) is 0. The molecular formula is C11H18O3. The monoisotopic (exact) mass is 198 g/mol. The minimum Gasteiger partial charge on any atom is -0.479 e. The van der Waals surface area contributed by atoms with Crippen LogP contribution in [0.3, 0.4) is 0 Å². The summed E-state index contributed by atoms with van der Waals surface area (Å²) in [6.45, 7) is 9.15.